The number of carbonyl (C=O) groups is 1. The van der Waals surface area contributed by atoms with E-state index in [0.717, 1.165) is 24.8 Å². The van der Waals surface area contributed by atoms with Crippen LogP contribution in [0.3, 0.4) is 0 Å². The first kappa shape index (κ1) is 20.7. The molecule has 0 amide bonds. The SMILES string of the molecule is CC(C)CCCCCOC(=O)C(O)(CCN)CCc1ccccc1. The summed E-state index contributed by atoms with van der Waals surface area (Å²) in [6, 6.07) is 9.83. The molecule has 1 aromatic carbocycles. The molecule has 4 nitrogen and oxygen atoms in total. The molecule has 1 rings (SSSR count). The van der Waals surface area contributed by atoms with Crippen LogP contribution < -0.4 is 5.73 Å². The number of aryl methyl sites for hydroxylation is 1. The van der Waals surface area contributed by atoms with Gasteiger partial charge in [0.2, 0.25) is 0 Å². The Hall–Kier alpha value is -1.39. The Kier molecular flexibility index (Phi) is 9.65. The van der Waals surface area contributed by atoms with E-state index in [1.165, 1.54) is 6.42 Å². The van der Waals surface area contributed by atoms with Crippen molar-refractivity contribution in [3.63, 3.8) is 0 Å². The molecule has 0 radical (unpaired) electrons. The number of hydrogen-bond donors (Lipinski definition) is 2. The summed E-state index contributed by atoms with van der Waals surface area (Å²) >= 11 is 0. The van der Waals surface area contributed by atoms with Crippen molar-refractivity contribution in [2.24, 2.45) is 11.7 Å². The summed E-state index contributed by atoms with van der Waals surface area (Å²) in [7, 11) is 0. The Morgan fingerprint density at radius 2 is 1.88 bits per heavy atom. The average Bonchev–Trinajstić information content (AvgIpc) is 2.57. The summed E-state index contributed by atoms with van der Waals surface area (Å²) in [5.41, 5.74) is 5.18. The third-order valence-corrected chi connectivity index (χ3v) is 4.27. The van der Waals surface area contributed by atoms with Gasteiger partial charge in [-0.2, -0.15) is 0 Å². The minimum atomic E-state index is -1.48. The fourth-order valence-corrected chi connectivity index (χ4v) is 2.69. The van der Waals surface area contributed by atoms with Crippen molar-refractivity contribution in [1.82, 2.24) is 0 Å². The second-order valence-corrected chi connectivity index (χ2v) is 6.93. The summed E-state index contributed by atoms with van der Waals surface area (Å²) in [6.07, 6.45) is 5.42. The Morgan fingerprint density at radius 3 is 2.50 bits per heavy atom. The molecule has 0 aliphatic heterocycles. The first-order valence-electron chi connectivity index (χ1n) is 9.11. The first-order chi connectivity index (χ1) is 11.5. The van der Waals surface area contributed by atoms with E-state index in [-0.39, 0.29) is 13.0 Å². The van der Waals surface area contributed by atoms with Gasteiger partial charge in [-0.25, -0.2) is 4.79 Å². The van der Waals surface area contributed by atoms with Crippen molar-refractivity contribution in [3.05, 3.63) is 35.9 Å². The summed E-state index contributed by atoms with van der Waals surface area (Å²) in [6.45, 7) is 5.04. The van der Waals surface area contributed by atoms with E-state index >= 15 is 0 Å². The summed E-state index contributed by atoms with van der Waals surface area (Å²) in [4.78, 5) is 12.3. The molecule has 0 saturated heterocycles. The molecule has 0 aliphatic rings. The number of nitrogens with two attached hydrogens (primary N) is 1. The van der Waals surface area contributed by atoms with E-state index in [2.05, 4.69) is 13.8 Å². The Balaban J connectivity index is 2.39. The van der Waals surface area contributed by atoms with E-state index in [4.69, 9.17) is 10.5 Å². The Labute approximate surface area is 146 Å². The molecule has 136 valence electrons. The van der Waals surface area contributed by atoms with Gasteiger partial charge in [0, 0.05) is 0 Å². The highest BCUT2D eigenvalue weighted by Gasteiger charge is 2.36. The third kappa shape index (κ3) is 7.93. The predicted molar refractivity (Wildman–Crippen MR) is 97.6 cm³/mol. The van der Waals surface area contributed by atoms with E-state index < -0.39 is 11.6 Å². The van der Waals surface area contributed by atoms with Crippen molar-refractivity contribution in [2.75, 3.05) is 13.2 Å². The molecule has 24 heavy (non-hydrogen) atoms. The summed E-state index contributed by atoms with van der Waals surface area (Å²) in [5, 5.41) is 10.7. The number of hydrogen-bond acceptors (Lipinski definition) is 4. The van der Waals surface area contributed by atoms with E-state index in [1.54, 1.807) is 0 Å². The zero-order chi connectivity index (χ0) is 17.8. The molecular weight excluding hydrogens is 302 g/mol. The van der Waals surface area contributed by atoms with Gasteiger partial charge in [0.25, 0.3) is 0 Å². The van der Waals surface area contributed by atoms with Crippen molar-refractivity contribution < 1.29 is 14.6 Å². The van der Waals surface area contributed by atoms with Crippen LogP contribution in [0.2, 0.25) is 0 Å². The molecule has 0 bridgehead atoms. The molecule has 1 atom stereocenters. The molecule has 3 N–H and O–H groups in total. The first-order valence-corrected chi connectivity index (χ1v) is 9.11. The van der Waals surface area contributed by atoms with E-state index in [0.29, 0.717) is 25.4 Å². The predicted octanol–water partition coefficient (Wildman–Crippen LogP) is 3.46. The van der Waals surface area contributed by atoms with Gasteiger partial charge in [-0.05, 0) is 43.7 Å². The van der Waals surface area contributed by atoms with Gasteiger partial charge in [-0.1, -0.05) is 63.4 Å². The monoisotopic (exact) mass is 335 g/mol. The summed E-state index contributed by atoms with van der Waals surface area (Å²) < 4.78 is 5.31. The van der Waals surface area contributed by atoms with E-state index in [1.807, 2.05) is 30.3 Å². The van der Waals surface area contributed by atoms with Crippen LogP contribution in [-0.4, -0.2) is 29.8 Å². The number of ether oxygens (including phenoxy) is 1. The molecule has 0 aromatic heterocycles. The molecule has 0 heterocycles. The topological polar surface area (TPSA) is 72.5 Å². The molecule has 0 saturated carbocycles. The van der Waals surface area contributed by atoms with Gasteiger partial charge in [0.1, 0.15) is 0 Å². The van der Waals surface area contributed by atoms with Crippen LogP contribution >= 0.6 is 0 Å². The van der Waals surface area contributed by atoms with Crippen LogP contribution in [0.4, 0.5) is 0 Å². The number of rotatable bonds is 12. The van der Waals surface area contributed by atoms with Crippen LogP contribution in [0.1, 0.15) is 57.9 Å². The molecule has 4 heteroatoms. The lowest BCUT2D eigenvalue weighted by Crippen LogP contribution is -2.42. The largest absolute Gasteiger partial charge is 0.464 e. The Bertz CT molecular complexity index is 461. The molecule has 0 fully saturated rings. The number of carbonyl (C=O) groups excluding carboxylic acids is 1. The van der Waals surface area contributed by atoms with Crippen LogP contribution in [0.5, 0.6) is 0 Å². The summed E-state index contributed by atoms with van der Waals surface area (Å²) in [5.74, 6) is 0.174. The lowest BCUT2D eigenvalue weighted by molar-refractivity contribution is -0.167. The van der Waals surface area contributed by atoms with Gasteiger partial charge in [-0.3, -0.25) is 0 Å². The second kappa shape index (κ2) is 11.2. The quantitative estimate of drug-likeness (QED) is 0.453. The van der Waals surface area contributed by atoms with Gasteiger partial charge < -0.3 is 15.6 Å². The van der Waals surface area contributed by atoms with Gasteiger partial charge in [0.05, 0.1) is 6.61 Å². The number of aliphatic hydroxyl groups is 1. The molecular formula is C20H33NO3. The lowest BCUT2D eigenvalue weighted by atomic mass is 9.91. The van der Waals surface area contributed by atoms with Crippen LogP contribution in [0.25, 0.3) is 0 Å². The highest BCUT2D eigenvalue weighted by molar-refractivity contribution is 5.79. The maximum atomic E-state index is 12.3. The fraction of sp³-hybridized carbons (Fsp3) is 0.650. The van der Waals surface area contributed by atoms with Crippen molar-refractivity contribution in [1.29, 1.82) is 0 Å². The number of benzene rings is 1. The lowest BCUT2D eigenvalue weighted by Gasteiger charge is -2.25. The van der Waals surface area contributed by atoms with Crippen molar-refractivity contribution in [2.45, 2.75) is 64.4 Å². The van der Waals surface area contributed by atoms with Crippen molar-refractivity contribution >= 4 is 5.97 Å². The highest BCUT2D eigenvalue weighted by Crippen LogP contribution is 2.20. The maximum absolute atomic E-state index is 12.3. The standard InChI is InChI=1S/C20H33NO3/c1-17(2)9-5-4-8-16-24-19(22)20(23,14-15-21)13-12-18-10-6-3-7-11-18/h3,6-7,10-11,17,23H,4-5,8-9,12-16,21H2,1-2H3. The average molecular weight is 335 g/mol. The minimum Gasteiger partial charge on any atom is -0.464 e. The van der Waals surface area contributed by atoms with Gasteiger partial charge in [-0.15, -0.1) is 0 Å². The number of esters is 1. The molecule has 1 aromatic rings. The molecule has 1 unspecified atom stereocenters. The third-order valence-electron chi connectivity index (χ3n) is 4.27. The smallest absolute Gasteiger partial charge is 0.338 e. The normalized spacial score (nSPS) is 13.7. The minimum absolute atomic E-state index is 0.228. The van der Waals surface area contributed by atoms with Crippen LogP contribution in [-0.2, 0) is 16.0 Å². The van der Waals surface area contributed by atoms with Crippen LogP contribution in [0.15, 0.2) is 30.3 Å². The number of unbranched alkanes of at least 4 members (excludes halogenated alkanes) is 2. The van der Waals surface area contributed by atoms with E-state index in [9.17, 15) is 9.90 Å². The Morgan fingerprint density at radius 1 is 1.17 bits per heavy atom. The van der Waals surface area contributed by atoms with Gasteiger partial charge >= 0.3 is 5.97 Å². The zero-order valence-electron chi connectivity index (χ0n) is 15.2. The van der Waals surface area contributed by atoms with Crippen LogP contribution in [0, 0.1) is 5.92 Å². The maximum Gasteiger partial charge on any atom is 0.338 e. The fourth-order valence-electron chi connectivity index (χ4n) is 2.69. The molecule has 0 spiro atoms. The highest BCUT2D eigenvalue weighted by atomic mass is 16.5. The molecule has 0 aliphatic carbocycles. The van der Waals surface area contributed by atoms with Gasteiger partial charge in [0.15, 0.2) is 5.60 Å². The van der Waals surface area contributed by atoms with Crippen molar-refractivity contribution in [3.8, 4) is 0 Å². The second-order valence-electron chi connectivity index (χ2n) is 6.93. The zero-order valence-corrected chi connectivity index (χ0v) is 15.2.